The van der Waals surface area contributed by atoms with Gasteiger partial charge in [-0.05, 0) is 55.0 Å². The maximum absolute atomic E-state index is 13.0. The maximum Gasteiger partial charge on any atom is 0.417 e. The molecule has 0 saturated heterocycles. The van der Waals surface area contributed by atoms with Crippen LogP contribution in [0.15, 0.2) is 75.0 Å². The number of aromatic nitrogens is 3. The van der Waals surface area contributed by atoms with Crippen molar-refractivity contribution in [1.82, 2.24) is 14.4 Å². The number of methoxy groups -OCH3 is 1. The van der Waals surface area contributed by atoms with Gasteiger partial charge in [-0.1, -0.05) is 6.07 Å². The summed E-state index contributed by atoms with van der Waals surface area (Å²) in [6, 6.07) is 13.2. The number of pyridine rings is 1. The third kappa shape index (κ3) is 3.40. The summed E-state index contributed by atoms with van der Waals surface area (Å²) in [6.07, 6.45) is 3.79. The van der Waals surface area contributed by atoms with Crippen LogP contribution in [0.1, 0.15) is 5.56 Å². The summed E-state index contributed by atoms with van der Waals surface area (Å²) >= 11 is 0. The Bertz CT molecular complexity index is 1650. The van der Waals surface area contributed by atoms with Gasteiger partial charge < -0.3 is 13.6 Å². The van der Waals surface area contributed by atoms with E-state index < -0.39 is 15.8 Å². The molecule has 0 saturated carbocycles. The summed E-state index contributed by atoms with van der Waals surface area (Å²) < 4.78 is 40.9. The summed E-state index contributed by atoms with van der Waals surface area (Å²) in [5.74, 6) is -0.297. The molecule has 5 aromatic rings. The van der Waals surface area contributed by atoms with Crippen molar-refractivity contribution >= 4 is 32.5 Å². The van der Waals surface area contributed by atoms with E-state index in [1.807, 2.05) is 41.9 Å². The minimum absolute atomic E-state index is 0.0298. The number of benzene rings is 2. The Morgan fingerprint density at radius 2 is 2.00 bits per heavy atom. The van der Waals surface area contributed by atoms with Crippen molar-refractivity contribution in [1.29, 1.82) is 0 Å². The van der Waals surface area contributed by atoms with E-state index in [2.05, 4.69) is 14.7 Å². The Morgan fingerprint density at radius 3 is 2.78 bits per heavy atom. The zero-order valence-corrected chi connectivity index (χ0v) is 17.9. The number of nitrogens with one attached hydrogen (secondary N) is 2. The first-order chi connectivity index (χ1) is 15.3. The van der Waals surface area contributed by atoms with Crippen LogP contribution in [0.4, 0.5) is 5.69 Å². The Kier molecular flexibility index (Phi) is 4.52. The normalized spacial score (nSPS) is 11.8. The summed E-state index contributed by atoms with van der Waals surface area (Å²) in [7, 11) is -2.52. The molecule has 0 bridgehead atoms. The number of anilines is 1. The Morgan fingerprint density at radius 1 is 1.16 bits per heavy atom. The van der Waals surface area contributed by atoms with E-state index >= 15 is 0 Å². The number of oxazole rings is 1. The van der Waals surface area contributed by atoms with Gasteiger partial charge in [0.2, 0.25) is 0 Å². The number of rotatable bonds is 5. The monoisotopic (exact) mass is 450 g/mol. The van der Waals surface area contributed by atoms with Crippen molar-refractivity contribution < 1.29 is 17.6 Å². The van der Waals surface area contributed by atoms with E-state index in [0.717, 1.165) is 16.8 Å². The van der Waals surface area contributed by atoms with E-state index in [1.165, 1.54) is 25.3 Å². The number of H-pyrrole nitrogens is 1. The van der Waals surface area contributed by atoms with Crippen LogP contribution >= 0.6 is 0 Å². The number of hydrogen-bond acceptors (Lipinski definition) is 6. The van der Waals surface area contributed by atoms with Crippen molar-refractivity contribution in [2.75, 3.05) is 11.8 Å². The molecule has 0 aliphatic heterocycles. The molecule has 3 heterocycles. The number of fused-ring (bicyclic) bond motifs is 2. The number of aromatic amines is 1. The molecule has 0 spiro atoms. The van der Waals surface area contributed by atoms with Crippen molar-refractivity contribution in [3.05, 3.63) is 77.0 Å². The Hall–Kier alpha value is -4.05. The molecule has 0 aliphatic carbocycles. The van der Waals surface area contributed by atoms with Crippen LogP contribution in [0, 0.1) is 6.92 Å². The lowest BCUT2D eigenvalue weighted by Gasteiger charge is -2.13. The highest BCUT2D eigenvalue weighted by atomic mass is 32.2. The third-order valence-corrected chi connectivity index (χ3v) is 6.48. The Labute approximate surface area is 182 Å². The van der Waals surface area contributed by atoms with Crippen molar-refractivity contribution in [3.63, 3.8) is 0 Å². The zero-order chi connectivity index (χ0) is 22.5. The first-order valence-corrected chi connectivity index (χ1v) is 11.1. The minimum Gasteiger partial charge on any atom is -0.495 e. The van der Waals surface area contributed by atoms with E-state index in [1.54, 1.807) is 12.1 Å². The standard InChI is InChI=1S/C22H18N4O5S/c1-13-4-3-9-26-12-18(23-21(13)26)14-5-7-19(30-2)17(10-14)25-32(28,29)15-6-8-20-16(11-15)24-22(27)31-20/h3-12,25H,1-2H3,(H,24,27). The van der Waals surface area contributed by atoms with Crippen LogP contribution in [-0.2, 0) is 10.0 Å². The molecule has 0 aliphatic rings. The fourth-order valence-electron chi connectivity index (χ4n) is 3.54. The van der Waals surface area contributed by atoms with Crippen LogP contribution < -0.4 is 15.2 Å². The van der Waals surface area contributed by atoms with Crippen LogP contribution in [0.5, 0.6) is 5.75 Å². The van der Waals surface area contributed by atoms with E-state index in [4.69, 9.17) is 9.15 Å². The molecule has 0 atom stereocenters. The molecule has 2 aromatic carbocycles. The second kappa shape index (κ2) is 7.27. The fraction of sp³-hybridized carbons (Fsp3) is 0.0909. The molecular formula is C22H18N4O5S. The van der Waals surface area contributed by atoms with Crippen LogP contribution in [-0.4, -0.2) is 29.9 Å². The number of nitrogens with zero attached hydrogens (tertiary/aromatic N) is 2. The van der Waals surface area contributed by atoms with Crippen LogP contribution in [0.3, 0.4) is 0 Å². The number of hydrogen-bond donors (Lipinski definition) is 2. The molecule has 0 fully saturated rings. The first kappa shape index (κ1) is 19.9. The average Bonchev–Trinajstić information content (AvgIpc) is 3.36. The summed E-state index contributed by atoms with van der Waals surface area (Å²) in [5, 5.41) is 0. The molecule has 0 unspecified atom stereocenters. The van der Waals surface area contributed by atoms with Gasteiger partial charge in [-0.3, -0.25) is 9.71 Å². The fourth-order valence-corrected chi connectivity index (χ4v) is 4.63. The van der Waals surface area contributed by atoms with Crippen LogP contribution in [0.25, 0.3) is 28.0 Å². The highest BCUT2D eigenvalue weighted by molar-refractivity contribution is 7.92. The number of sulfonamides is 1. The molecular weight excluding hydrogens is 432 g/mol. The second-order valence-electron chi connectivity index (χ2n) is 7.24. The van der Waals surface area contributed by atoms with E-state index in [-0.39, 0.29) is 16.2 Å². The van der Waals surface area contributed by atoms with Gasteiger partial charge in [0.1, 0.15) is 11.4 Å². The smallest absolute Gasteiger partial charge is 0.417 e. The summed E-state index contributed by atoms with van der Waals surface area (Å²) in [6.45, 7) is 1.98. The molecule has 162 valence electrons. The summed E-state index contributed by atoms with van der Waals surface area (Å²) in [5.41, 5.74) is 4.10. The van der Waals surface area contributed by atoms with Gasteiger partial charge in [-0.2, -0.15) is 0 Å². The molecule has 0 amide bonds. The third-order valence-electron chi connectivity index (χ3n) is 5.12. The number of ether oxygens (including phenoxy) is 1. The highest BCUT2D eigenvalue weighted by Gasteiger charge is 2.19. The second-order valence-corrected chi connectivity index (χ2v) is 8.92. The largest absolute Gasteiger partial charge is 0.495 e. The predicted molar refractivity (Wildman–Crippen MR) is 120 cm³/mol. The molecule has 0 radical (unpaired) electrons. The molecule has 3 aromatic heterocycles. The van der Waals surface area contributed by atoms with Crippen molar-refractivity contribution in [3.8, 4) is 17.0 Å². The van der Waals surface area contributed by atoms with Gasteiger partial charge in [0.15, 0.2) is 5.58 Å². The lowest BCUT2D eigenvalue weighted by atomic mass is 10.1. The molecule has 2 N–H and O–H groups in total. The highest BCUT2D eigenvalue weighted by Crippen LogP contribution is 2.32. The average molecular weight is 450 g/mol. The van der Waals surface area contributed by atoms with Gasteiger partial charge in [0.25, 0.3) is 10.0 Å². The quantitative estimate of drug-likeness (QED) is 0.423. The van der Waals surface area contributed by atoms with Gasteiger partial charge in [-0.25, -0.2) is 18.2 Å². The van der Waals surface area contributed by atoms with Gasteiger partial charge >= 0.3 is 5.76 Å². The van der Waals surface area contributed by atoms with Crippen molar-refractivity contribution in [2.45, 2.75) is 11.8 Å². The van der Waals surface area contributed by atoms with Gasteiger partial charge in [0, 0.05) is 18.0 Å². The van der Waals surface area contributed by atoms with Crippen molar-refractivity contribution in [2.24, 2.45) is 0 Å². The summed E-state index contributed by atoms with van der Waals surface area (Å²) in [4.78, 5) is 18.5. The molecule has 5 rings (SSSR count). The molecule has 9 nitrogen and oxygen atoms in total. The lowest BCUT2D eigenvalue weighted by molar-refractivity contribution is 0.417. The minimum atomic E-state index is -3.98. The topological polar surface area (TPSA) is 119 Å². The van der Waals surface area contributed by atoms with Gasteiger partial charge in [0.05, 0.1) is 28.9 Å². The first-order valence-electron chi connectivity index (χ1n) is 9.62. The lowest BCUT2D eigenvalue weighted by Crippen LogP contribution is -2.13. The number of imidazole rings is 1. The zero-order valence-electron chi connectivity index (χ0n) is 17.1. The Balaban J connectivity index is 1.55. The molecule has 32 heavy (non-hydrogen) atoms. The van der Waals surface area contributed by atoms with E-state index in [0.29, 0.717) is 17.0 Å². The SMILES string of the molecule is COc1ccc(-c2cn3cccc(C)c3n2)cc1NS(=O)(=O)c1ccc2oc(=O)[nH]c2c1. The molecule has 10 heteroatoms. The predicted octanol–water partition coefficient (Wildman–Crippen LogP) is 3.55. The maximum atomic E-state index is 13.0. The van der Waals surface area contributed by atoms with E-state index in [9.17, 15) is 13.2 Å². The van der Waals surface area contributed by atoms with Crippen LogP contribution in [0.2, 0.25) is 0 Å². The van der Waals surface area contributed by atoms with Gasteiger partial charge in [-0.15, -0.1) is 0 Å². The number of aryl methyl sites for hydroxylation is 1.